The van der Waals surface area contributed by atoms with Crippen LogP contribution in [-0.2, 0) is 12.7 Å². The highest BCUT2D eigenvalue weighted by atomic mass is 28.3. The van der Waals surface area contributed by atoms with Gasteiger partial charge in [-0.15, -0.1) is 0 Å². The molecule has 4 heterocycles. The first-order valence-electron chi connectivity index (χ1n) is 24.4. The van der Waals surface area contributed by atoms with Crippen molar-refractivity contribution < 1.29 is 5.11 Å². The Balaban J connectivity index is 0.000000170. The molecule has 68 heavy (non-hydrogen) atoms. The van der Waals surface area contributed by atoms with Crippen LogP contribution in [0.15, 0.2) is 123 Å². The van der Waals surface area contributed by atoms with Crippen LogP contribution in [0.1, 0.15) is 146 Å². The summed E-state index contributed by atoms with van der Waals surface area (Å²) in [5.41, 5.74) is 19.3. The fourth-order valence-electron chi connectivity index (χ4n) is 8.03. The van der Waals surface area contributed by atoms with Gasteiger partial charge in [0.1, 0.15) is 0 Å². The Labute approximate surface area is 409 Å². The van der Waals surface area contributed by atoms with Gasteiger partial charge in [-0.05, 0) is 134 Å². The van der Waals surface area contributed by atoms with Crippen LogP contribution in [0.3, 0.4) is 0 Å². The van der Waals surface area contributed by atoms with Gasteiger partial charge in [0.15, 0.2) is 0 Å². The minimum atomic E-state index is -0.628. The molecule has 0 unspecified atom stereocenters. The summed E-state index contributed by atoms with van der Waals surface area (Å²) >= 11 is 0. The number of aliphatic hydroxyl groups is 1. The number of hydrogen-bond acceptors (Lipinski definition) is 5. The van der Waals surface area contributed by atoms with E-state index >= 15 is 0 Å². The second-order valence-electron chi connectivity index (χ2n) is 19.9. The van der Waals surface area contributed by atoms with E-state index in [0.29, 0.717) is 23.7 Å². The molecular weight excluding hydrogens is 853 g/mol. The molecule has 0 radical (unpaired) electrons. The molecule has 8 rings (SSSR count). The highest BCUT2D eigenvalue weighted by Gasteiger charge is 2.12. The second kappa shape index (κ2) is 24.3. The highest BCUT2D eigenvalue weighted by Crippen LogP contribution is 2.26. The first-order valence-corrected chi connectivity index (χ1v) is 27.5. The topological polar surface area (TPSA) is 91.5 Å². The van der Waals surface area contributed by atoms with Gasteiger partial charge in [-0.2, -0.15) is 0 Å². The lowest BCUT2D eigenvalue weighted by Crippen LogP contribution is -2.09. The lowest BCUT2D eigenvalue weighted by molar-refractivity contribution is 0.281. The summed E-state index contributed by atoms with van der Waals surface area (Å²) < 4.78 is 8.26. The van der Waals surface area contributed by atoms with Crippen molar-refractivity contribution >= 4 is 8.80 Å². The molecule has 0 atom stereocenters. The minimum absolute atomic E-state index is 0.0487. The van der Waals surface area contributed by atoms with Crippen LogP contribution in [0.25, 0.3) is 22.7 Å². The first kappa shape index (κ1) is 52.9. The number of aryl methyl sites for hydroxylation is 6. The maximum atomic E-state index is 9.46. The molecule has 0 spiro atoms. The predicted octanol–water partition coefficient (Wildman–Crippen LogP) is 13.9. The van der Waals surface area contributed by atoms with Crippen molar-refractivity contribution in [1.82, 2.24) is 38.2 Å². The van der Waals surface area contributed by atoms with E-state index in [1.54, 1.807) is 6.33 Å². The van der Waals surface area contributed by atoms with Gasteiger partial charge in [0, 0.05) is 56.2 Å². The van der Waals surface area contributed by atoms with Gasteiger partial charge in [0.25, 0.3) is 0 Å². The lowest BCUT2D eigenvalue weighted by atomic mass is 10.00. The van der Waals surface area contributed by atoms with Crippen molar-refractivity contribution in [3.63, 3.8) is 0 Å². The fourth-order valence-corrected chi connectivity index (χ4v) is 9.24. The van der Waals surface area contributed by atoms with E-state index in [9.17, 15) is 5.11 Å². The van der Waals surface area contributed by atoms with E-state index in [2.05, 4.69) is 201 Å². The Kier molecular flexibility index (Phi) is 18.9. The molecule has 9 nitrogen and oxygen atoms in total. The maximum Gasteiger partial charge on any atom is 0.0995 e. The van der Waals surface area contributed by atoms with Crippen LogP contribution in [0.2, 0.25) is 13.1 Å². The van der Waals surface area contributed by atoms with Gasteiger partial charge >= 0.3 is 0 Å². The lowest BCUT2D eigenvalue weighted by Gasteiger charge is -2.15. The van der Waals surface area contributed by atoms with E-state index in [-0.39, 0.29) is 6.61 Å². The largest absolute Gasteiger partial charge is 0.392 e. The molecule has 0 fully saturated rings. The van der Waals surface area contributed by atoms with E-state index in [4.69, 9.17) is 0 Å². The van der Waals surface area contributed by atoms with Gasteiger partial charge in [-0.3, -0.25) is 0 Å². The molecule has 0 saturated heterocycles. The fraction of sp³-hybridized carbons (Fsp3) is 0.379. The molecule has 0 bridgehead atoms. The second-order valence-corrected chi connectivity index (χ2v) is 23.1. The molecule has 4 aromatic carbocycles. The van der Waals surface area contributed by atoms with Crippen molar-refractivity contribution in [2.75, 3.05) is 0 Å². The average Bonchev–Trinajstić information content (AvgIpc) is 4.13. The molecule has 4 aromatic heterocycles. The summed E-state index contributed by atoms with van der Waals surface area (Å²) in [5, 5.41) is 9.46. The SMILES string of the molecule is Cc1cn(-c2ccc(C(C)C)cc2C)cn1.Cc1cn(-c2ccc(C(C)C)cc2C)cn1.Cc1cn(-c2ccc(C(C)C)cc2CO)cn1.Cc1cn(-c2ccc(C(C)C)cc2C[SiH](C)C)cn1. The van der Waals surface area contributed by atoms with E-state index < -0.39 is 8.80 Å². The Morgan fingerprint density at radius 3 is 0.956 bits per heavy atom. The van der Waals surface area contributed by atoms with Crippen molar-refractivity contribution in [2.45, 2.75) is 146 Å². The minimum Gasteiger partial charge on any atom is -0.392 e. The monoisotopic (exact) mass is 931 g/mol. The molecular formula is C58H78N8OSi. The third kappa shape index (κ3) is 14.5. The summed E-state index contributed by atoms with van der Waals surface area (Å²) in [5.74, 6) is 2.22. The van der Waals surface area contributed by atoms with E-state index in [0.717, 1.165) is 34.0 Å². The third-order valence-corrected chi connectivity index (χ3v) is 13.3. The van der Waals surface area contributed by atoms with Crippen LogP contribution in [0.4, 0.5) is 0 Å². The standard InChI is InChI=1S/C16H24N2Si.C14H18N2O.2C14H18N2/c1-12(2)14-6-7-16(15(8-14)10-19(4)5)18-9-13(3)17-11-18;1-10(2)12-4-5-14(13(6-12)8-17)16-7-11(3)15-9-16;2*1-10(2)13-5-6-14(11(3)7-13)16-8-12(4)15-9-16/h6-9,11-12,19H,10H2,1-5H3;4-7,9-10,17H,8H2,1-3H3;2*5-10H,1-4H3. The normalized spacial score (nSPS) is 11.2. The van der Waals surface area contributed by atoms with Crippen LogP contribution in [0.5, 0.6) is 0 Å². The van der Waals surface area contributed by atoms with Crippen LogP contribution >= 0.6 is 0 Å². The Hall–Kier alpha value is -6.10. The number of benzene rings is 4. The van der Waals surface area contributed by atoms with Gasteiger partial charge in [0.05, 0.1) is 60.4 Å². The Bertz CT molecular complexity index is 2740. The highest BCUT2D eigenvalue weighted by molar-refractivity contribution is 6.55. The Morgan fingerprint density at radius 1 is 0.412 bits per heavy atom. The molecule has 0 aliphatic carbocycles. The maximum absolute atomic E-state index is 9.46. The summed E-state index contributed by atoms with van der Waals surface area (Å²) in [6.45, 7) is 34.9. The first-order chi connectivity index (χ1) is 32.2. The van der Waals surface area contributed by atoms with Crippen molar-refractivity contribution in [2.24, 2.45) is 0 Å². The zero-order chi connectivity index (χ0) is 49.8. The van der Waals surface area contributed by atoms with E-state index in [1.807, 2.05) is 63.5 Å². The number of nitrogens with zero attached hydrogens (tertiary/aromatic N) is 8. The molecule has 0 aliphatic heterocycles. The van der Waals surface area contributed by atoms with E-state index in [1.165, 1.54) is 62.1 Å². The molecule has 0 amide bonds. The number of hydrogen-bond donors (Lipinski definition) is 1. The van der Waals surface area contributed by atoms with Crippen LogP contribution in [0, 0.1) is 41.5 Å². The summed E-state index contributed by atoms with van der Waals surface area (Å²) in [6.07, 6.45) is 15.6. The average molecular weight is 931 g/mol. The number of imidazole rings is 4. The molecule has 8 aromatic rings. The zero-order valence-corrected chi connectivity index (χ0v) is 45.0. The van der Waals surface area contributed by atoms with Gasteiger partial charge in [-0.1, -0.05) is 117 Å². The van der Waals surface area contributed by atoms with Crippen LogP contribution in [-0.4, -0.2) is 52.1 Å². The summed E-state index contributed by atoms with van der Waals surface area (Å²) in [4.78, 5) is 17.1. The Morgan fingerprint density at radius 2 is 0.691 bits per heavy atom. The van der Waals surface area contributed by atoms with Crippen molar-refractivity contribution in [3.8, 4) is 22.7 Å². The number of aliphatic hydroxyl groups excluding tert-OH is 1. The van der Waals surface area contributed by atoms with Crippen LogP contribution < -0.4 is 0 Å². The molecule has 0 aliphatic rings. The molecule has 360 valence electrons. The van der Waals surface area contributed by atoms with Crippen molar-refractivity contribution in [1.29, 1.82) is 0 Å². The number of aromatic nitrogens is 8. The smallest absolute Gasteiger partial charge is 0.0995 e. The zero-order valence-electron chi connectivity index (χ0n) is 43.9. The number of rotatable bonds is 11. The predicted molar refractivity (Wildman–Crippen MR) is 288 cm³/mol. The van der Waals surface area contributed by atoms with Gasteiger partial charge in [0.2, 0.25) is 0 Å². The quantitative estimate of drug-likeness (QED) is 0.130. The molecule has 1 N–H and O–H groups in total. The van der Waals surface area contributed by atoms with Gasteiger partial charge < -0.3 is 23.4 Å². The summed E-state index contributed by atoms with van der Waals surface area (Å²) in [7, 11) is -0.628. The molecule has 10 heteroatoms. The van der Waals surface area contributed by atoms with Crippen molar-refractivity contribution in [3.05, 3.63) is 190 Å². The third-order valence-electron chi connectivity index (χ3n) is 12.1. The molecule has 0 saturated carbocycles. The summed E-state index contributed by atoms with van der Waals surface area (Å²) in [6, 6.07) is 27.6. The van der Waals surface area contributed by atoms with Gasteiger partial charge in [-0.25, -0.2) is 19.9 Å².